The van der Waals surface area contributed by atoms with E-state index >= 15 is 0 Å². The van der Waals surface area contributed by atoms with Crippen molar-refractivity contribution < 1.29 is 37.9 Å². The largest absolute Gasteiger partial charge is 0.494 e. The van der Waals surface area contributed by atoms with E-state index in [0.717, 1.165) is 47.6 Å². The van der Waals surface area contributed by atoms with Crippen molar-refractivity contribution in [2.75, 3.05) is 6.54 Å². The molecule has 1 saturated heterocycles. The molecule has 2 unspecified atom stereocenters. The Hall–Kier alpha value is -3.02. The average molecular weight is 558 g/mol. The molecule has 2 amide bonds. The fourth-order valence-electron chi connectivity index (χ4n) is 5.44. The van der Waals surface area contributed by atoms with Crippen LogP contribution in [-0.4, -0.2) is 64.1 Å². The maximum atomic E-state index is 13.8. The SMILES string of the molecule is CC(=O)NC(Cc1cc(F)cc(F)c1)C(O)CN(C(=O)O)[C@H]1CCCc2ccc(B3OC(C)(C)C(C)(C)O3)cc21. The number of benzene rings is 2. The number of hydrogen-bond acceptors (Lipinski definition) is 5. The highest BCUT2D eigenvalue weighted by molar-refractivity contribution is 6.62. The minimum atomic E-state index is -1.34. The van der Waals surface area contributed by atoms with E-state index in [9.17, 15) is 28.6 Å². The second-order valence-corrected chi connectivity index (χ2v) is 11.7. The van der Waals surface area contributed by atoms with Crippen molar-refractivity contribution in [3.63, 3.8) is 0 Å². The Morgan fingerprint density at radius 1 is 1.10 bits per heavy atom. The van der Waals surface area contributed by atoms with Gasteiger partial charge in [0.25, 0.3) is 0 Å². The summed E-state index contributed by atoms with van der Waals surface area (Å²) in [5.74, 6) is -2.03. The van der Waals surface area contributed by atoms with Gasteiger partial charge in [0.15, 0.2) is 0 Å². The summed E-state index contributed by atoms with van der Waals surface area (Å²) in [5.41, 5.74) is 1.76. The number of carbonyl (C=O) groups is 2. The molecule has 2 aromatic rings. The van der Waals surface area contributed by atoms with Crippen molar-refractivity contribution >= 4 is 24.6 Å². The van der Waals surface area contributed by atoms with Crippen molar-refractivity contribution in [2.24, 2.45) is 0 Å². The number of fused-ring (bicyclic) bond motifs is 1. The van der Waals surface area contributed by atoms with Crippen LogP contribution in [0, 0.1) is 11.6 Å². The Balaban J connectivity index is 1.59. The van der Waals surface area contributed by atoms with Crippen LogP contribution in [0.2, 0.25) is 0 Å². The molecule has 40 heavy (non-hydrogen) atoms. The zero-order valence-corrected chi connectivity index (χ0v) is 23.5. The molecule has 0 bridgehead atoms. The van der Waals surface area contributed by atoms with Crippen molar-refractivity contribution in [3.8, 4) is 0 Å². The van der Waals surface area contributed by atoms with Gasteiger partial charge < -0.3 is 24.8 Å². The molecule has 0 spiro atoms. The predicted molar refractivity (Wildman–Crippen MR) is 146 cm³/mol. The molecule has 4 rings (SSSR count). The number of halogens is 2. The maximum Gasteiger partial charge on any atom is 0.494 e. The summed E-state index contributed by atoms with van der Waals surface area (Å²) >= 11 is 0. The first-order valence-corrected chi connectivity index (χ1v) is 13.5. The highest BCUT2D eigenvalue weighted by Gasteiger charge is 2.52. The lowest BCUT2D eigenvalue weighted by molar-refractivity contribution is -0.120. The van der Waals surface area contributed by atoms with Crippen molar-refractivity contribution in [3.05, 3.63) is 64.7 Å². The van der Waals surface area contributed by atoms with Gasteiger partial charge in [-0.05, 0) is 87.7 Å². The lowest BCUT2D eigenvalue weighted by Crippen LogP contribution is -2.51. The predicted octanol–water partition coefficient (Wildman–Crippen LogP) is 3.73. The van der Waals surface area contributed by atoms with Gasteiger partial charge in [-0.15, -0.1) is 0 Å². The zero-order chi connectivity index (χ0) is 29.4. The van der Waals surface area contributed by atoms with E-state index in [-0.39, 0.29) is 18.5 Å². The fraction of sp³-hybridized carbons (Fsp3) is 0.517. The molecule has 1 aliphatic heterocycles. The Morgan fingerprint density at radius 2 is 1.73 bits per heavy atom. The zero-order valence-electron chi connectivity index (χ0n) is 23.5. The topological polar surface area (TPSA) is 108 Å². The molecular weight excluding hydrogens is 521 g/mol. The van der Waals surface area contributed by atoms with Gasteiger partial charge in [-0.25, -0.2) is 13.6 Å². The van der Waals surface area contributed by atoms with Gasteiger partial charge in [-0.3, -0.25) is 9.69 Å². The molecule has 1 aliphatic carbocycles. The fourth-order valence-corrected chi connectivity index (χ4v) is 5.44. The summed E-state index contributed by atoms with van der Waals surface area (Å²) < 4.78 is 40.0. The first-order chi connectivity index (χ1) is 18.7. The second kappa shape index (κ2) is 11.5. The molecule has 8 nitrogen and oxygen atoms in total. The molecule has 0 aromatic heterocycles. The van der Waals surface area contributed by atoms with E-state index in [2.05, 4.69) is 5.32 Å². The molecule has 1 fully saturated rings. The highest BCUT2D eigenvalue weighted by Crippen LogP contribution is 2.38. The van der Waals surface area contributed by atoms with Crippen LogP contribution in [-0.2, 0) is 26.9 Å². The molecular formula is C29H37BF2N2O6. The summed E-state index contributed by atoms with van der Waals surface area (Å²) in [4.78, 5) is 25.6. The van der Waals surface area contributed by atoms with Crippen LogP contribution in [0.4, 0.5) is 13.6 Å². The van der Waals surface area contributed by atoms with Gasteiger partial charge in [0.05, 0.1) is 35.9 Å². The third kappa shape index (κ3) is 6.48. The van der Waals surface area contributed by atoms with Gasteiger partial charge in [-0.1, -0.05) is 18.2 Å². The molecule has 3 N–H and O–H groups in total. The van der Waals surface area contributed by atoms with Gasteiger partial charge in [-0.2, -0.15) is 0 Å². The summed E-state index contributed by atoms with van der Waals surface area (Å²) in [6, 6.07) is 7.28. The van der Waals surface area contributed by atoms with Crippen molar-refractivity contribution in [1.29, 1.82) is 0 Å². The normalized spacial score (nSPS) is 20.9. The van der Waals surface area contributed by atoms with Crippen LogP contribution < -0.4 is 10.8 Å². The molecule has 2 aliphatic rings. The summed E-state index contributed by atoms with van der Waals surface area (Å²) in [5, 5.41) is 24.0. The Bertz CT molecular complexity index is 1240. The number of amides is 2. The van der Waals surface area contributed by atoms with Gasteiger partial charge in [0, 0.05) is 13.0 Å². The number of hydrogen-bond donors (Lipinski definition) is 3. The molecule has 2 aromatic carbocycles. The lowest BCUT2D eigenvalue weighted by atomic mass is 9.75. The number of aliphatic hydroxyl groups excluding tert-OH is 1. The minimum Gasteiger partial charge on any atom is -0.465 e. The molecule has 1 heterocycles. The van der Waals surface area contributed by atoms with E-state index in [1.54, 1.807) is 0 Å². The highest BCUT2D eigenvalue weighted by atomic mass is 19.1. The molecule has 11 heteroatoms. The van der Waals surface area contributed by atoms with Gasteiger partial charge >= 0.3 is 13.2 Å². The number of nitrogens with zero attached hydrogens (tertiary/aromatic N) is 1. The van der Waals surface area contributed by atoms with Gasteiger partial charge in [0.1, 0.15) is 11.6 Å². The Morgan fingerprint density at radius 3 is 2.30 bits per heavy atom. The monoisotopic (exact) mass is 558 g/mol. The van der Waals surface area contributed by atoms with Crippen LogP contribution >= 0.6 is 0 Å². The number of rotatable bonds is 8. The Kier molecular flexibility index (Phi) is 8.58. The van der Waals surface area contributed by atoms with Crippen LogP contribution in [0.15, 0.2) is 36.4 Å². The van der Waals surface area contributed by atoms with Crippen molar-refractivity contribution in [1.82, 2.24) is 10.2 Å². The van der Waals surface area contributed by atoms with Crippen LogP contribution in [0.1, 0.15) is 70.2 Å². The molecule has 0 radical (unpaired) electrons. The third-order valence-corrected chi connectivity index (χ3v) is 8.21. The smallest absolute Gasteiger partial charge is 0.465 e. The third-order valence-electron chi connectivity index (χ3n) is 8.21. The van der Waals surface area contributed by atoms with E-state index in [1.807, 2.05) is 45.9 Å². The first-order valence-electron chi connectivity index (χ1n) is 13.5. The first kappa shape index (κ1) is 30.0. The number of carbonyl (C=O) groups excluding carboxylic acids is 1. The number of nitrogens with one attached hydrogen (secondary N) is 1. The number of aliphatic hydroxyl groups is 1. The van der Waals surface area contributed by atoms with E-state index in [0.29, 0.717) is 6.42 Å². The maximum absolute atomic E-state index is 13.8. The van der Waals surface area contributed by atoms with Crippen LogP contribution in [0.3, 0.4) is 0 Å². The van der Waals surface area contributed by atoms with E-state index < -0.39 is 60.1 Å². The molecule has 3 atom stereocenters. The number of aryl methyl sites for hydroxylation is 1. The van der Waals surface area contributed by atoms with Gasteiger partial charge in [0.2, 0.25) is 5.91 Å². The van der Waals surface area contributed by atoms with Crippen molar-refractivity contribution in [2.45, 2.75) is 89.7 Å². The van der Waals surface area contributed by atoms with Crippen LogP contribution in [0.5, 0.6) is 0 Å². The minimum absolute atomic E-state index is 0.0871. The number of carboxylic acid groups (broad SMARTS) is 1. The van der Waals surface area contributed by atoms with E-state index in [4.69, 9.17) is 9.31 Å². The quantitative estimate of drug-likeness (QED) is 0.427. The van der Waals surface area contributed by atoms with E-state index in [1.165, 1.54) is 11.8 Å². The molecule has 0 saturated carbocycles. The Labute approximate surface area is 233 Å². The van der Waals surface area contributed by atoms with Crippen LogP contribution in [0.25, 0.3) is 0 Å². The standard InChI is InChI=1S/C29H37BF2N2O6/c1-17(35)33-24(13-18-11-21(31)15-22(32)12-18)26(36)16-34(27(37)38)25-8-6-7-19-9-10-20(14-23(19)25)30-39-28(2,3)29(4,5)40-30/h9-12,14-15,24-26,36H,6-8,13,16H2,1-5H3,(H,33,35)(H,37,38)/t24?,25-,26?/m0/s1. The summed E-state index contributed by atoms with van der Waals surface area (Å²) in [6.45, 7) is 8.80. The average Bonchev–Trinajstić information content (AvgIpc) is 3.07. The lowest BCUT2D eigenvalue weighted by Gasteiger charge is -2.37. The molecule has 216 valence electrons. The second-order valence-electron chi connectivity index (χ2n) is 11.7. The summed E-state index contributed by atoms with van der Waals surface area (Å²) in [7, 11) is -0.613. The summed E-state index contributed by atoms with van der Waals surface area (Å²) in [6.07, 6.45) is -0.579.